The molecule has 0 amide bonds. The molecule has 0 bridgehead atoms. The van der Waals surface area contributed by atoms with Crippen molar-refractivity contribution in [1.82, 2.24) is 5.16 Å². The molecule has 6 heteroatoms. The van der Waals surface area contributed by atoms with Gasteiger partial charge in [0.2, 0.25) is 0 Å². The number of benzene rings is 1. The molecule has 4 nitrogen and oxygen atoms in total. The molecule has 1 heterocycles. The smallest absolute Gasteiger partial charge is 0.177 e. The summed E-state index contributed by atoms with van der Waals surface area (Å²) in [7, 11) is 0. The Morgan fingerprint density at radius 1 is 1.46 bits per heavy atom. The summed E-state index contributed by atoms with van der Waals surface area (Å²) in [5.74, 6) is -0.666. The van der Waals surface area contributed by atoms with Crippen LogP contribution < -0.4 is 0 Å². The SMILES string of the molecule is Oc1cc2onc(I)c2c(Cl)c1O. The molecule has 2 N–H and O–H groups in total. The molecule has 0 saturated carbocycles. The third-order valence-corrected chi connectivity index (χ3v) is 2.72. The Bertz CT molecular complexity index is 482. The molecule has 1 aromatic heterocycles. The van der Waals surface area contributed by atoms with Crippen molar-refractivity contribution in [2.75, 3.05) is 0 Å². The second-order valence-electron chi connectivity index (χ2n) is 2.40. The van der Waals surface area contributed by atoms with Gasteiger partial charge in [0.05, 0.1) is 5.39 Å². The third-order valence-electron chi connectivity index (χ3n) is 1.61. The van der Waals surface area contributed by atoms with Crippen LogP contribution in [0, 0.1) is 3.70 Å². The van der Waals surface area contributed by atoms with E-state index >= 15 is 0 Å². The molecule has 0 unspecified atom stereocenters. The molecule has 0 fully saturated rings. The number of hydrogen-bond donors (Lipinski definition) is 2. The normalized spacial score (nSPS) is 10.9. The average Bonchev–Trinajstić information content (AvgIpc) is 2.43. The highest BCUT2D eigenvalue weighted by atomic mass is 127. The van der Waals surface area contributed by atoms with Gasteiger partial charge in [-0.15, -0.1) is 0 Å². The standard InChI is InChI=1S/C7H3ClINO3/c8-5-4-3(13-10-7(4)9)1-2(11)6(5)12/h1,11-12H. The first-order valence-electron chi connectivity index (χ1n) is 3.26. The number of phenols is 2. The van der Waals surface area contributed by atoms with Crippen LogP contribution in [0.15, 0.2) is 10.6 Å². The predicted octanol–water partition coefficient (Wildman–Crippen LogP) is 2.50. The summed E-state index contributed by atoms with van der Waals surface area (Å²) < 4.78 is 5.40. The lowest BCUT2D eigenvalue weighted by Gasteiger charge is -1.99. The highest BCUT2D eigenvalue weighted by Gasteiger charge is 2.16. The van der Waals surface area contributed by atoms with Gasteiger partial charge in [-0.3, -0.25) is 0 Å². The van der Waals surface area contributed by atoms with Gasteiger partial charge in [0.15, 0.2) is 20.8 Å². The zero-order valence-corrected chi connectivity index (χ0v) is 9.00. The lowest BCUT2D eigenvalue weighted by atomic mass is 10.2. The quantitative estimate of drug-likeness (QED) is 0.579. The van der Waals surface area contributed by atoms with Crippen LogP contribution >= 0.6 is 34.2 Å². The van der Waals surface area contributed by atoms with E-state index in [4.69, 9.17) is 16.1 Å². The van der Waals surface area contributed by atoms with Gasteiger partial charge in [-0.1, -0.05) is 16.8 Å². The van der Waals surface area contributed by atoms with Crippen molar-refractivity contribution in [2.24, 2.45) is 0 Å². The number of aromatic nitrogens is 1. The highest BCUT2D eigenvalue weighted by molar-refractivity contribution is 14.1. The van der Waals surface area contributed by atoms with Gasteiger partial charge in [0.25, 0.3) is 0 Å². The van der Waals surface area contributed by atoms with Crippen LogP contribution in [0.25, 0.3) is 11.0 Å². The van der Waals surface area contributed by atoms with Crippen molar-refractivity contribution in [1.29, 1.82) is 0 Å². The van der Waals surface area contributed by atoms with Crippen molar-refractivity contribution in [3.63, 3.8) is 0 Å². The second kappa shape index (κ2) is 2.91. The molecule has 0 spiro atoms. The van der Waals surface area contributed by atoms with Gasteiger partial charge in [-0.05, 0) is 22.6 Å². The Kier molecular flexibility index (Phi) is 1.99. The summed E-state index contributed by atoms with van der Waals surface area (Å²) in [4.78, 5) is 0. The number of nitrogens with zero attached hydrogens (tertiary/aromatic N) is 1. The van der Waals surface area contributed by atoms with E-state index in [9.17, 15) is 10.2 Å². The Labute approximate surface area is 91.2 Å². The average molecular weight is 311 g/mol. The van der Waals surface area contributed by atoms with Crippen LogP contribution in [0.5, 0.6) is 11.5 Å². The van der Waals surface area contributed by atoms with Crippen molar-refractivity contribution < 1.29 is 14.7 Å². The van der Waals surface area contributed by atoms with Crippen LogP contribution in [0.3, 0.4) is 0 Å². The second-order valence-corrected chi connectivity index (χ2v) is 3.80. The highest BCUT2D eigenvalue weighted by Crippen LogP contribution is 2.40. The van der Waals surface area contributed by atoms with E-state index < -0.39 is 0 Å². The summed E-state index contributed by atoms with van der Waals surface area (Å²) in [6.07, 6.45) is 0. The topological polar surface area (TPSA) is 66.5 Å². The van der Waals surface area contributed by atoms with Gasteiger partial charge in [-0.25, -0.2) is 0 Å². The minimum absolute atomic E-state index is 0.0562. The molecule has 0 aliphatic rings. The van der Waals surface area contributed by atoms with E-state index in [1.807, 2.05) is 22.6 Å². The maximum Gasteiger partial charge on any atom is 0.177 e. The van der Waals surface area contributed by atoms with E-state index in [1.54, 1.807) is 0 Å². The van der Waals surface area contributed by atoms with Gasteiger partial charge in [0, 0.05) is 6.07 Å². The van der Waals surface area contributed by atoms with E-state index in [0.717, 1.165) is 0 Å². The van der Waals surface area contributed by atoms with Gasteiger partial charge in [0.1, 0.15) is 5.02 Å². The number of fused-ring (bicyclic) bond motifs is 1. The Morgan fingerprint density at radius 2 is 2.15 bits per heavy atom. The molecule has 1 aromatic carbocycles. The van der Waals surface area contributed by atoms with Crippen LogP contribution in [0.2, 0.25) is 5.02 Å². The van der Waals surface area contributed by atoms with Crippen molar-refractivity contribution in [3.8, 4) is 11.5 Å². The molecule has 2 aromatic rings. The maximum absolute atomic E-state index is 9.29. The Hall–Kier alpha value is -0.690. The molecular weight excluding hydrogens is 308 g/mol. The fourth-order valence-corrected chi connectivity index (χ4v) is 2.08. The summed E-state index contributed by atoms with van der Waals surface area (Å²) >= 11 is 7.69. The molecule has 0 aliphatic heterocycles. The summed E-state index contributed by atoms with van der Waals surface area (Å²) in [5.41, 5.74) is 0.352. The van der Waals surface area contributed by atoms with E-state index in [2.05, 4.69) is 5.16 Å². The molecule has 0 atom stereocenters. The lowest BCUT2D eigenvalue weighted by Crippen LogP contribution is -1.75. The number of rotatable bonds is 0. The number of halogens is 2. The van der Waals surface area contributed by atoms with Crippen LogP contribution in [0.1, 0.15) is 0 Å². The lowest BCUT2D eigenvalue weighted by molar-refractivity contribution is 0.402. The van der Waals surface area contributed by atoms with Crippen LogP contribution in [0.4, 0.5) is 0 Å². The third kappa shape index (κ3) is 1.22. The number of phenolic OH excluding ortho intramolecular Hbond substituents is 2. The molecule has 0 radical (unpaired) electrons. The number of hydrogen-bond acceptors (Lipinski definition) is 4. The maximum atomic E-state index is 9.29. The van der Waals surface area contributed by atoms with Crippen molar-refractivity contribution in [2.45, 2.75) is 0 Å². The molecule has 0 saturated heterocycles. The fourth-order valence-electron chi connectivity index (χ4n) is 1.00. The monoisotopic (exact) mass is 311 g/mol. The first kappa shape index (κ1) is 8.89. The Balaban J connectivity index is 2.97. The van der Waals surface area contributed by atoms with Crippen LogP contribution in [-0.4, -0.2) is 15.4 Å². The zero-order chi connectivity index (χ0) is 9.59. The zero-order valence-electron chi connectivity index (χ0n) is 6.08. The Morgan fingerprint density at radius 3 is 2.85 bits per heavy atom. The molecule has 2 rings (SSSR count). The fraction of sp³-hybridized carbons (Fsp3) is 0. The summed E-state index contributed by atoms with van der Waals surface area (Å²) in [5, 5.41) is 22.7. The molecular formula is C7H3ClINO3. The van der Waals surface area contributed by atoms with Gasteiger partial charge >= 0.3 is 0 Å². The van der Waals surface area contributed by atoms with E-state index in [0.29, 0.717) is 14.7 Å². The van der Waals surface area contributed by atoms with E-state index in [1.165, 1.54) is 6.07 Å². The van der Waals surface area contributed by atoms with Gasteiger partial charge < -0.3 is 14.7 Å². The minimum Gasteiger partial charge on any atom is -0.504 e. The number of aromatic hydroxyl groups is 2. The molecule has 0 aliphatic carbocycles. The minimum atomic E-state index is -0.352. The summed E-state index contributed by atoms with van der Waals surface area (Å²) in [6, 6.07) is 1.27. The molecule has 13 heavy (non-hydrogen) atoms. The van der Waals surface area contributed by atoms with E-state index in [-0.39, 0.29) is 16.5 Å². The van der Waals surface area contributed by atoms with Crippen molar-refractivity contribution >= 4 is 45.2 Å². The van der Waals surface area contributed by atoms with Crippen molar-refractivity contribution in [3.05, 3.63) is 14.8 Å². The largest absolute Gasteiger partial charge is 0.504 e. The summed E-state index contributed by atoms with van der Waals surface area (Å²) in [6.45, 7) is 0. The first-order chi connectivity index (χ1) is 6.11. The van der Waals surface area contributed by atoms with Gasteiger partial charge in [-0.2, -0.15) is 0 Å². The van der Waals surface area contributed by atoms with Crippen LogP contribution in [-0.2, 0) is 0 Å². The molecule has 68 valence electrons. The first-order valence-corrected chi connectivity index (χ1v) is 4.72. The predicted molar refractivity (Wildman–Crippen MR) is 55.1 cm³/mol.